The van der Waals surface area contributed by atoms with Crippen LogP contribution in [-0.4, -0.2) is 28.7 Å². The van der Waals surface area contributed by atoms with Gasteiger partial charge in [-0.25, -0.2) is 0 Å². The van der Waals surface area contributed by atoms with Crippen LogP contribution in [0.3, 0.4) is 0 Å². The number of benzene rings is 2. The molecule has 0 N–H and O–H groups in total. The van der Waals surface area contributed by atoms with E-state index >= 15 is 0 Å². The summed E-state index contributed by atoms with van der Waals surface area (Å²) in [6.07, 6.45) is 2.40. The molecule has 132 valence electrons. The van der Waals surface area contributed by atoms with Crippen molar-refractivity contribution in [1.29, 1.82) is 0 Å². The molecular weight excluding hydrogens is 344 g/mol. The first kappa shape index (κ1) is 17.2. The van der Waals surface area contributed by atoms with Gasteiger partial charge in [0.15, 0.2) is 23.0 Å². The van der Waals surface area contributed by atoms with E-state index in [4.69, 9.17) is 18.4 Å². The largest absolute Gasteiger partial charge is 0.493 e. The molecule has 0 spiro atoms. The Morgan fingerprint density at radius 3 is 2.56 bits per heavy atom. The maximum atomic E-state index is 12.6. The zero-order valence-electron chi connectivity index (χ0n) is 13.7. The minimum Gasteiger partial charge on any atom is -0.493 e. The zero-order chi connectivity index (χ0) is 17.9. The third-order valence-corrected chi connectivity index (χ3v) is 4.84. The van der Waals surface area contributed by atoms with E-state index < -0.39 is 10.1 Å². The summed E-state index contributed by atoms with van der Waals surface area (Å²) >= 11 is 0. The molecule has 0 radical (unpaired) electrons. The summed E-state index contributed by atoms with van der Waals surface area (Å²) in [5, 5.41) is 0. The predicted octanol–water partition coefficient (Wildman–Crippen LogP) is 2.96. The molecule has 1 heterocycles. The van der Waals surface area contributed by atoms with Crippen molar-refractivity contribution in [3.05, 3.63) is 54.6 Å². The standard InChI is InChI=1S/C18H18O6S/c1-3-4-13-5-7-16(17(11-13)21-2)24-25(19,20)14-6-8-15-18(12-14)23-10-9-22-15/h3,5-8,11-12H,1,4,9-10H2,2H3. The van der Waals surface area contributed by atoms with E-state index in [1.54, 1.807) is 30.3 Å². The van der Waals surface area contributed by atoms with Crippen molar-refractivity contribution in [1.82, 2.24) is 0 Å². The van der Waals surface area contributed by atoms with Crippen LogP contribution in [0.4, 0.5) is 0 Å². The molecule has 1 aliphatic heterocycles. The smallest absolute Gasteiger partial charge is 0.339 e. The molecule has 2 aromatic carbocycles. The zero-order valence-corrected chi connectivity index (χ0v) is 14.5. The van der Waals surface area contributed by atoms with Crippen LogP contribution in [0.5, 0.6) is 23.0 Å². The second-order valence-electron chi connectivity index (χ2n) is 5.32. The van der Waals surface area contributed by atoms with Gasteiger partial charge in [-0.2, -0.15) is 8.42 Å². The van der Waals surface area contributed by atoms with Crippen molar-refractivity contribution in [2.24, 2.45) is 0 Å². The first-order valence-corrected chi connectivity index (χ1v) is 9.06. The van der Waals surface area contributed by atoms with Crippen molar-refractivity contribution < 1.29 is 26.8 Å². The van der Waals surface area contributed by atoms with Crippen molar-refractivity contribution in [2.75, 3.05) is 20.3 Å². The molecule has 0 amide bonds. The Morgan fingerprint density at radius 1 is 1.08 bits per heavy atom. The lowest BCUT2D eigenvalue weighted by Crippen LogP contribution is -2.16. The Morgan fingerprint density at radius 2 is 1.84 bits per heavy atom. The molecule has 0 saturated heterocycles. The van der Waals surface area contributed by atoms with Crippen molar-refractivity contribution in [3.63, 3.8) is 0 Å². The Labute approximate surface area is 146 Å². The van der Waals surface area contributed by atoms with Crippen LogP contribution < -0.4 is 18.4 Å². The van der Waals surface area contributed by atoms with Crippen LogP contribution in [0, 0.1) is 0 Å². The molecule has 7 heteroatoms. The van der Waals surface area contributed by atoms with Gasteiger partial charge in [-0.05, 0) is 36.2 Å². The van der Waals surface area contributed by atoms with Crippen LogP contribution in [0.2, 0.25) is 0 Å². The van der Waals surface area contributed by atoms with Crippen LogP contribution in [-0.2, 0) is 16.5 Å². The van der Waals surface area contributed by atoms with Gasteiger partial charge in [0.25, 0.3) is 0 Å². The van der Waals surface area contributed by atoms with Gasteiger partial charge in [-0.15, -0.1) is 6.58 Å². The fourth-order valence-corrected chi connectivity index (χ4v) is 3.38. The normalized spacial score (nSPS) is 13.2. The highest BCUT2D eigenvalue weighted by atomic mass is 32.2. The summed E-state index contributed by atoms with van der Waals surface area (Å²) in [7, 11) is -2.59. The topological polar surface area (TPSA) is 71.1 Å². The summed E-state index contributed by atoms with van der Waals surface area (Å²) in [6, 6.07) is 9.40. The number of rotatable bonds is 6. The van der Waals surface area contributed by atoms with Gasteiger partial charge >= 0.3 is 10.1 Å². The maximum absolute atomic E-state index is 12.6. The number of hydrogen-bond donors (Lipinski definition) is 0. The van der Waals surface area contributed by atoms with E-state index in [2.05, 4.69) is 6.58 Å². The quantitative estimate of drug-likeness (QED) is 0.581. The number of ether oxygens (including phenoxy) is 3. The number of allylic oxidation sites excluding steroid dienone is 1. The molecule has 0 atom stereocenters. The Balaban J connectivity index is 1.90. The lowest BCUT2D eigenvalue weighted by molar-refractivity contribution is 0.171. The minimum absolute atomic E-state index is 0.0195. The molecule has 0 aliphatic carbocycles. The van der Waals surface area contributed by atoms with Crippen molar-refractivity contribution in [2.45, 2.75) is 11.3 Å². The second-order valence-corrected chi connectivity index (χ2v) is 6.87. The van der Waals surface area contributed by atoms with Gasteiger partial charge < -0.3 is 18.4 Å². The summed E-state index contributed by atoms with van der Waals surface area (Å²) in [6.45, 7) is 4.48. The fraction of sp³-hybridized carbons (Fsp3) is 0.222. The molecule has 0 saturated carbocycles. The molecular formula is C18H18O6S. The Hall–Kier alpha value is -2.67. The number of hydrogen-bond acceptors (Lipinski definition) is 6. The Kier molecular flexibility index (Phi) is 4.85. The summed E-state index contributed by atoms with van der Waals surface area (Å²) in [4.78, 5) is -0.0195. The van der Waals surface area contributed by atoms with E-state index in [0.29, 0.717) is 36.9 Å². The van der Waals surface area contributed by atoms with Gasteiger partial charge in [0.2, 0.25) is 0 Å². The highest BCUT2D eigenvalue weighted by molar-refractivity contribution is 7.87. The lowest BCUT2D eigenvalue weighted by atomic mass is 10.1. The molecule has 0 bridgehead atoms. The predicted molar refractivity (Wildman–Crippen MR) is 92.1 cm³/mol. The van der Waals surface area contributed by atoms with Gasteiger partial charge in [-0.1, -0.05) is 12.1 Å². The van der Waals surface area contributed by atoms with Crippen LogP contribution in [0.15, 0.2) is 53.9 Å². The third-order valence-electron chi connectivity index (χ3n) is 3.61. The van der Waals surface area contributed by atoms with E-state index in [9.17, 15) is 8.42 Å². The van der Waals surface area contributed by atoms with Crippen molar-refractivity contribution in [3.8, 4) is 23.0 Å². The van der Waals surface area contributed by atoms with Crippen LogP contribution >= 0.6 is 0 Å². The third kappa shape index (κ3) is 3.71. The monoisotopic (exact) mass is 362 g/mol. The van der Waals surface area contributed by atoms with Gasteiger partial charge in [0.1, 0.15) is 18.1 Å². The molecule has 0 fully saturated rings. The van der Waals surface area contributed by atoms with E-state index in [1.165, 1.54) is 19.2 Å². The van der Waals surface area contributed by atoms with E-state index in [1.807, 2.05) is 0 Å². The second kappa shape index (κ2) is 7.06. The average molecular weight is 362 g/mol. The van der Waals surface area contributed by atoms with E-state index in [-0.39, 0.29) is 10.6 Å². The van der Waals surface area contributed by atoms with Gasteiger partial charge in [-0.3, -0.25) is 0 Å². The summed E-state index contributed by atoms with van der Waals surface area (Å²) < 4.78 is 46.5. The molecule has 6 nitrogen and oxygen atoms in total. The number of fused-ring (bicyclic) bond motifs is 1. The summed E-state index contributed by atoms with van der Waals surface area (Å²) in [5.41, 5.74) is 0.941. The van der Waals surface area contributed by atoms with Gasteiger partial charge in [0.05, 0.1) is 7.11 Å². The Bertz CT molecular complexity index is 888. The fourth-order valence-electron chi connectivity index (χ4n) is 2.42. The molecule has 3 rings (SSSR count). The maximum Gasteiger partial charge on any atom is 0.339 e. The first-order chi connectivity index (χ1) is 12.0. The van der Waals surface area contributed by atoms with E-state index in [0.717, 1.165) is 5.56 Å². The molecule has 25 heavy (non-hydrogen) atoms. The highest BCUT2D eigenvalue weighted by Gasteiger charge is 2.22. The summed E-state index contributed by atoms with van der Waals surface area (Å²) in [5.74, 6) is 1.34. The molecule has 2 aromatic rings. The highest BCUT2D eigenvalue weighted by Crippen LogP contribution is 2.35. The minimum atomic E-state index is -4.04. The first-order valence-electron chi connectivity index (χ1n) is 7.65. The van der Waals surface area contributed by atoms with Crippen molar-refractivity contribution >= 4 is 10.1 Å². The van der Waals surface area contributed by atoms with Crippen LogP contribution in [0.25, 0.3) is 0 Å². The average Bonchev–Trinajstić information content (AvgIpc) is 2.62. The molecule has 0 aromatic heterocycles. The molecule has 0 unspecified atom stereocenters. The van der Waals surface area contributed by atoms with Crippen LogP contribution in [0.1, 0.15) is 5.56 Å². The lowest BCUT2D eigenvalue weighted by Gasteiger charge is -2.19. The molecule has 1 aliphatic rings. The number of methoxy groups -OCH3 is 1. The SMILES string of the molecule is C=CCc1ccc(OS(=O)(=O)c2ccc3c(c2)OCCO3)c(OC)c1. The van der Waals surface area contributed by atoms with Gasteiger partial charge in [0, 0.05) is 6.07 Å².